The molecule has 0 radical (unpaired) electrons. The number of halogens is 2. The Bertz CT molecular complexity index is 707. The van der Waals surface area contributed by atoms with Crippen LogP contribution in [0.2, 0.25) is 5.15 Å². The molecule has 2 aromatic heterocycles. The van der Waals surface area contributed by atoms with E-state index in [1.54, 1.807) is 18.3 Å². The highest BCUT2D eigenvalue weighted by atomic mass is 35.5. The zero-order valence-electron chi connectivity index (χ0n) is 16.4. The van der Waals surface area contributed by atoms with Crippen molar-refractivity contribution in [3.63, 3.8) is 0 Å². The number of hydrogen-bond donors (Lipinski definition) is 2. The van der Waals surface area contributed by atoms with Crippen molar-refractivity contribution >= 4 is 24.0 Å². The van der Waals surface area contributed by atoms with Crippen molar-refractivity contribution in [2.45, 2.75) is 44.3 Å². The van der Waals surface area contributed by atoms with Crippen LogP contribution >= 0.6 is 24.0 Å². The van der Waals surface area contributed by atoms with Crippen LogP contribution in [-0.4, -0.2) is 47.5 Å². The maximum Gasteiger partial charge on any atom is 0.217 e. The van der Waals surface area contributed by atoms with Gasteiger partial charge in [-0.1, -0.05) is 23.7 Å². The Kier molecular flexibility index (Phi) is 10.7. The molecule has 2 fully saturated rings. The molecule has 0 atom stereocenters. The summed E-state index contributed by atoms with van der Waals surface area (Å²) in [5, 5.41) is 12.4. The lowest BCUT2D eigenvalue weighted by Gasteiger charge is -2.27. The Labute approximate surface area is 183 Å². The van der Waals surface area contributed by atoms with E-state index in [9.17, 15) is 0 Å². The summed E-state index contributed by atoms with van der Waals surface area (Å²) in [6, 6.07) is 7.56. The average molecular weight is 442 g/mol. The zero-order valence-corrected chi connectivity index (χ0v) is 18.0. The van der Waals surface area contributed by atoms with Crippen LogP contribution in [0, 0.1) is 0 Å². The number of aliphatic hydroxyl groups is 1. The molecule has 2 saturated heterocycles. The summed E-state index contributed by atoms with van der Waals surface area (Å²) in [5.41, 5.74) is 2.05. The van der Waals surface area contributed by atoms with Gasteiger partial charge in [0.05, 0.1) is 6.61 Å². The van der Waals surface area contributed by atoms with Gasteiger partial charge in [-0.25, -0.2) is 9.97 Å². The van der Waals surface area contributed by atoms with Crippen LogP contribution < -0.4 is 10.1 Å². The molecule has 160 valence electrons. The molecule has 2 aromatic rings. The van der Waals surface area contributed by atoms with Gasteiger partial charge in [-0.2, -0.15) is 0 Å². The first-order chi connectivity index (χ1) is 13.8. The monoisotopic (exact) mass is 441 g/mol. The Morgan fingerprint density at radius 2 is 1.86 bits per heavy atom. The van der Waals surface area contributed by atoms with Crippen LogP contribution in [0.25, 0.3) is 0 Å². The lowest BCUT2D eigenvalue weighted by molar-refractivity contribution is 0.0832. The first kappa shape index (κ1) is 23.8. The number of rotatable bonds is 4. The molecule has 0 saturated carbocycles. The molecule has 0 amide bonds. The Hall–Kier alpha value is -1.44. The summed E-state index contributed by atoms with van der Waals surface area (Å²) in [5.74, 6) is 1.39. The van der Waals surface area contributed by atoms with E-state index in [1.807, 2.05) is 12.3 Å². The normalized spacial score (nSPS) is 17.6. The Balaban J connectivity index is 0.000000255. The molecule has 6 nitrogen and oxygen atoms in total. The van der Waals surface area contributed by atoms with Gasteiger partial charge in [-0.15, -0.1) is 12.4 Å². The number of hydrogen-bond acceptors (Lipinski definition) is 6. The molecule has 2 N–H and O–H groups in total. The molecule has 2 aliphatic rings. The van der Waals surface area contributed by atoms with E-state index in [0.717, 1.165) is 63.4 Å². The smallest absolute Gasteiger partial charge is 0.217 e. The van der Waals surface area contributed by atoms with E-state index in [1.165, 1.54) is 5.56 Å². The minimum absolute atomic E-state index is 0. The van der Waals surface area contributed by atoms with Crippen LogP contribution in [0.3, 0.4) is 0 Å². The van der Waals surface area contributed by atoms with Gasteiger partial charge < -0.3 is 19.9 Å². The highest BCUT2D eigenvalue weighted by Gasteiger charge is 2.22. The van der Waals surface area contributed by atoms with Gasteiger partial charge in [0.15, 0.2) is 0 Å². The number of pyridine rings is 2. The lowest BCUT2D eigenvalue weighted by Crippen LogP contribution is -2.34. The Morgan fingerprint density at radius 1 is 1.10 bits per heavy atom. The Morgan fingerprint density at radius 3 is 2.52 bits per heavy atom. The number of nitrogens with zero attached hydrogens (tertiary/aromatic N) is 2. The molecule has 8 heteroatoms. The predicted octanol–water partition coefficient (Wildman–Crippen LogP) is 3.76. The fraction of sp³-hybridized carbons (Fsp3) is 0.524. The molecule has 4 heterocycles. The predicted molar refractivity (Wildman–Crippen MR) is 116 cm³/mol. The second kappa shape index (κ2) is 13.0. The van der Waals surface area contributed by atoms with E-state index in [-0.39, 0.29) is 19.0 Å². The first-order valence-electron chi connectivity index (χ1n) is 9.87. The van der Waals surface area contributed by atoms with E-state index < -0.39 is 0 Å². The number of ether oxygens (including phenoxy) is 2. The quantitative estimate of drug-likeness (QED) is 0.703. The molecule has 2 aliphatic heterocycles. The van der Waals surface area contributed by atoms with Crippen molar-refractivity contribution in [3.05, 3.63) is 52.9 Å². The van der Waals surface area contributed by atoms with Crippen LogP contribution in [0.15, 0.2) is 36.7 Å². The molecule has 0 aromatic carbocycles. The highest BCUT2D eigenvalue weighted by molar-refractivity contribution is 6.29. The summed E-state index contributed by atoms with van der Waals surface area (Å²) in [7, 11) is 0. The lowest BCUT2D eigenvalue weighted by atomic mass is 9.92. The molecular formula is C21H29Cl2N3O3. The van der Waals surface area contributed by atoms with Crippen molar-refractivity contribution in [2.75, 3.05) is 26.3 Å². The highest BCUT2D eigenvalue weighted by Crippen LogP contribution is 2.33. The van der Waals surface area contributed by atoms with E-state index >= 15 is 0 Å². The van der Waals surface area contributed by atoms with E-state index in [4.69, 9.17) is 26.2 Å². The standard InChI is InChI=1S/C15H22N2O2.C6H6ClNO.ClH/c1-2-14(12-5-10-18-11-6-12)15(17-7-1)19-13-3-8-16-9-4-13;7-6-2-1-5(4-9)3-8-6;/h1-2,7,12-13,16H,3-6,8-11H2;1-3,9H,4H2;1H. The van der Waals surface area contributed by atoms with Gasteiger partial charge >= 0.3 is 0 Å². The van der Waals surface area contributed by atoms with Crippen LogP contribution in [-0.2, 0) is 11.3 Å². The number of aliphatic hydroxyl groups excluding tert-OH is 1. The van der Waals surface area contributed by atoms with Crippen molar-refractivity contribution in [2.24, 2.45) is 0 Å². The molecule has 29 heavy (non-hydrogen) atoms. The summed E-state index contributed by atoms with van der Waals surface area (Å²) in [6.45, 7) is 3.82. The number of piperidine rings is 1. The zero-order chi connectivity index (χ0) is 19.6. The average Bonchev–Trinajstić information content (AvgIpc) is 2.77. The van der Waals surface area contributed by atoms with Gasteiger partial charge in [0.1, 0.15) is 11.3 Å². The minimum atomic E-state index is 0. The largest absolute Gasteiger partial charge is 0.474 e. The third kappa shape index (κ3) is 7.72. The number of aromatic nitrogens is 2. The summed E-state index contributed by atoms with van der Waals surface area (Å²) >= 11 is 5.48. The van der Waals surface area contributed by atoms with Crippen LogP contribution in [0.4, 0.5) is 0 Å². The maximum absolute atomic E-state index is 8.55. The molecule has 0 bridgehead atoms. The third-order valence-electron chi connectivity index (χ3n) is 5.00. The van der Waals surface area contributed by atoms with Gasteiger partial charge in [0.25, 0.3) is 0 Å². The van der Waals surface area contributed by atoms with Gasteiger partial charge in [-0.05, 0) is 62.4 Å². The minimum Gasteiger partial charge on any atom is -0.474 e. The summed E-state index contributed by atoms with van der Waals surface area (Å²) in [4.78, 5) is 8.22. The fourth-order valence-electron chi connectivity index (χ4n) is 3.39. The summed E-state index contributed by atoms with van der Waals surface area (Å²) < 4.78 is 11.6. The van der Waals surface area contributed by atoms with Gasteiger partial charge in [-0.3, -0.25) is 0 Å². The van der Waals surface area contributed by atoms with Crippen molar-refractivity contribution in [1.29, 1.82) is 0 Å². The van der Waals surface area contributed by atoms with Crippen LogP contribution in [0.5, 0.6) is 5.88 Å². The van der Waals surface area contributed by atoms with E-state index in [2.05, 4.69) is 21.4 Å². The van der Waals surface area contributed by atoms with Crippen molar-refractivity contribution in [3.8, 4) is 5.88 Å². The molecule has 0 aliphatic carbocycles. The molecule has 0 unspecified atom stereocenters. The first-order valence-corrected chi connectivity index (χ1v) is 10.3. The topological polar surface area (TPSA) is 76.5 Å². The number of nitrogens with one attached hydrogen (secondary N) is 1. The molecular weight excluding hydrogens is 413 g/mol. The van der Waals surface area contributed by atoms with Crippen molar-refractivity contribution < 1.29 is 14.6 Å². The second-order valence-electron chi connectivity index (χ2n) is 7.00. The molecule has 0 spiro atoms. The van der Waals surface area contributed by atoms with E-state index in [0.29, 0.717) is 17.2 Å². The SMILES string of the molecule is Cl.OCc1ccc(Cl)nc1.c1cnc(OC2CCNCC2)c(C2CCOCC2)c1. The van der Waals surface area contributed by atoms with Crippen LogP contribution in [0.1, 0.15) is 42.7 Å². The second-order valence-corrected chi connectivity index (χ2v) is 7.39. The molecule has 4 rings (SSSR count). The van der Waals surface area contributed by atoms with Crippen molar-refractivity contribution in [1.82, 2.24) is 15.3 Å². The third-order valence-corrected chi connectivity index (χ3v) is 5.22. The van der Waals surface area contributed by atoms with Gasteiger partial charge in [0.2, 0.25) is 5.88 Å². The fourth-order valence-corrected chi connectivity index (χ4v) is 3.50. The van der Waals surface area contributed by atoms with Gasteiger partial charge in [0, 0.05) is 31.2 Å². The summed E-state index contributed by atoms with van der Waals surface area (Å²) in [6.07, 6.45) is 7.99. The maximum atomic E-state index is 8.55.